The molecule has 1 amide bonds. The molecular weight excluding hydrogens is 531 g/mol. The first-order chi connectivity index (χ1) is 16.0. The molecule has 0 heterocycles. The number of rotatable bonds is 4. The molecule has 0 bridgehead atoms. The Morgan fingerprint density at radius 3 is 1.17 bits per heavy atom. The smallest absolute Gasteiger partial charge is 0.335 e. The molecule has 12 heteroatoms. The van der Waals surface area contributed by atoms with Crippen molar-refractivity contribution in [3.63, 3.8) is 0 Å². The number of nitrogens with zero attached hydrogens (tertiary/aromatic N) is 1. The number of aromatic carboxylic acids is 1. The number of halogens is 5. The predicted octanol–water partition coefficient (Wildman–Crippen LogP) is 5.18. The summed E-state index contributed by atoms with van der Waals surface area (Å²) in [5.41, 5.74) is 2.09. The number of benzene rings is 2. The highest BCUT2D eigenvalue weighted by atomic mass is 35.5. The van der Waals surface area contributed by atoms with E-state index in [0.29, 0.717) is 27.8 Å². The minimum Gasteiger partial charge on any atom is -0.478 e. The number of aryl methyl sites for hydroxylation is 4. The number of carbonyl (C=O) groups is 5. The molecule has 0 fully saturated rings. The number of carbonyl (C=O) groups excluding carboxylic acids is 4. The lowest BCUT2D eigenvalue weighted by molar-refractivity contribution is -0.127. The van der Waals surface area contributed by atoms with Crippen molar-refractivity contribution < 1.29 is 37.9 Å². The Labute approximate surface area is 216 Å². The average Bonchev–Trinajstić information content (AvgIpc) is 2.76. The van der Waals surface area contributed by atoms with Gasteiger partial charge in [0, 0.05) is 19.7 Å². The second kappa shape index (κ2) is 16.7. The lowest BCUT2D eigenvalue weighted by Gasteiger charge is -2.02. The highest BCUT2D eigenvalue weighted by molar-refractivity contribution is 6.97. The fraction of sp³-hybridized carbons (Fsp3) is 0.261. The number of carboxylic acids is 1. The minimum atomic E-state index is -1.14. The van der Waals surface area contributed by atoms with Crippen molar-refractivity contribution in [2.24, 2.45) is 0 Å². The topological polar surface area (TPSA) is 109 Å². The van der Waals surface area contributed by atoms with E-state index in [4.69, 9.17) is 16.7 Å². The zero-order valence-corrected chi connectivity index (χ0v) is 22.0. The van der Waals surface area contributed by atoms with Crippen LogP contribution >= 0.6 is 34.8 Å². The second-order valence-electron chi connectivity index (χ2n) is 7.04. The second-order valence-corrected chi connectivity index (χ2v) is 8.07. The van der Waals surface area contributed by atoms with Crippen molar-refractivity contribution in [2.75, 3.05) is 14.1 Å². The van der Waals surface area contributed by atoms with E-state index >= 15 is 0 Å². The monoisotopic (exact) mass is 553 g/mol. The first kappa shape index (κ1) is 34.3. The van der Waals surface area contributed by atoms with Crippen molar-refractivity contribution in [3.8, 4) is 0 Å². The SMILES string of the molecule is CN(C)C=O.Cc1cc(C(=O)Cl)cc(C)c1F.Cc1cc(C(=O)O)cc(C)c1F.O=C(Cl)C(=O)Cl. The zero-order chi connectivity index (χ0) is 28.0. The van der Waals surface area contributed by atoms with Gasteiger partial charge in [0.25, 0.3) is 5.24 Å². The van der Waals surface area contributed by atoms with Gasteiger partial charge >= 0.3 is 16.5 Å². The molecule has 2 rings (SSSR count). The number of hydrogen-bond donors (Lipinski definition) is 1. The maximum absolute atomic E-state index is 13.0. The third-order valence-electron chi connectivity index (χ3n) is 3.71. The van der Waals surface area contributed by atoms with Gasteiger partial charge in [-0.2, -0.15) is 0 Å². The van der Waals surface area contributed by atoms with Crippen LogP contribution in [-0.4, -0.2) is 52.2 Å². The molecule has 0 unspecified atom stereocenters. The average molecular weight is 555 g/mol. The van der Waals surface area contributed by atoms with Gasteiger partial charge in [-0.1, -0.05) is 0 Å². The summed E-state index contributed by atoms with van der Waals surface area (Å²) < 4.78 is 26.0. The highest BCUT2D eigenvalue weighted by Gasteiger charge is 2.09. The van der Waals surface area contributed by atoms with E-state index in [0.717, 1.165) is 6.41 Å². The molecule has 0 spiro atoms. The van der Waals surface area contributed by atoms with Crippen LogP contribution in [0.15, 0.2) is 24.3 Å². The largest absolute Gasteiger partial charge is 0.478 e. The summed E-state index contributed by atoms with van der Waals surface area (Å²) in [7, 11) is 3.38. The van der Waals surface area contributed by atoms with Crippen molar-refractivity contribution in [3.05, 3.63) is 69.3 Å². The molecule has 0 saturated carbocycles. The van der Waals surface area contributed by atoms with Crippen molar-refractivity contribution >= 4 is 62.9 Å². The van der Waals surface area contributed by atoms with Gasteiger partial charge in [-0.3, -0.25) is 19.2 Å². The van der Waals surface area contributed by atoms with Gasteiger partial charge in [-0.15, -0.1) is 0 Å². The van der Waals surface area contributed by atoms with Crippen LogP contribution in [0.5, 0.6) is 0 Å². The number of amides is 1. The van der Waals surface area contributed by atoms with Crippen molar-refractivity contribution in [2.45, 2.75) is 27.7 Å². The molecule has 7 nitrogen and oxygen atoms in total. The van der Waals surface area contributed by atoms with Crippen LogP contribution in [0, 0.1) is 39.3 Å². The van der Waals surface area contributed by atoms with E-state index in [1.54, 1.807) is 41.8 Å². The Kier molecular flexibility index (Phi) is 16.4. The van der Waals surface area contributed by atoms with Crippen LogP contribution in [0.3, 0.4) is 0 Å². The van der Waals surface area contributed by atoms with Crippen molar-refractivity contribution in [1.82, 2.24) is 4.90 Å². The summed E-state index contributed by atoms with van der Waals surface area (Å²) in [4.78, 5) is 50.9. The Morgan fingerprint density at radius 2 is 1.00 bits per heavy atom. The Morgan fingerprint density at radius 1 is 0.743 bits per heavy atom. The molecule has 0 aromatic heterocycles. The summed E-state index contributed by atoms with van der Waals surface area (Å²) in [6.07, 6.45) is 0.750. The van der Waals surface area contributed by atoms with E-state index in [-0.39, 0.29) is 17.2 Å². The molecule has 0 aliphatic heterocycles. The number of carboxylic acid groups (broad SMARTS) is 1. The third-order valence-corrected chi connectivity index (χ3v) is 4.37. The van der Waals surface area contributed by atoms with Gasteiger partial charge in [0.05, 0.1) is 5.56 Å². The van der Waals surface area contributed by atoms with Gasteiger partial charge in [0.1, 0.15) is 11.6 Å². The number of hydrogen-bond acceptors (Lipinski definition) is 5. The first-order valence-corrected chi connectivity index (χ1v) is 10.6. The Hall–Kier alpha value is -2.88. The minimum absolute atomic E-state index is 0.131. The molecular formula is C23H24Cl3F2NO6. The van der Waals surface area contributed by atoms with Crippen LogP contribution in [0.2, 0.25) is 0 Å². The van der Waals surface area contributed by atoms with Crippen LogP contribution in [0.1, 0.15) is 43.0 Å². The normalized spacial score (nSPS) is 9.11. The molecule has 0 atom stereocenters. The summed E-state index contributed by atoms with van der Waals surface area (Å²) >= 11 is 14.2. The van der Waals surface area contributed by atoms with E-state index in [2.05, 4.69) is 23.2 Å². The van der Waals surface area contributed by atoms with E-state index in [1.165, 1.54) is 29.2 Å². The summed E-state index contributed by atoms with van der Waals surface area (Å²) in [5.74, 6) is -1.64. The molecule has 1 N–H and O–H groups in total. The van der Waals surface area contributed by atoms with Crippen LogP contribution in [0.4, 0.5) is 8.78 Å². The molecule has 35 heavy (non-hydrogen) atoms. The van der Waals surface area contributed by atoms with Gasteiger partial charge < -0.3 is 10.0 Å². The van der Waals surface area contributed by atoms with Gasteiger partial charge in [-0.25, -0.2) is 13.6 Å². The first-order valence-electron chi connectivity index (χ1n) is 9.43. The molecule has 2 aromatic carbocycles. The Balaban J connectivity index is 0. The molecule has 0 radical (unpaired) electrons. The van der Waals surface area contributed by atoms with E-state index < -0.39 is 21.7 Å². The maximum atomic E-state index is 13.0. The maximum Gasteiger partial charge on any atom is 0.335 e. The molecule has 2 aromatic rings. The quantitative estimate of drug-likeness (QED) is 0.317. The lowest BCUT2D eigenvalue weighted by Crippen LogP contribution is -2.06. The zero-order valence-electron chi connectivity index (χ0n) is 19.7. The van der Waals surface area contributed by atoms with Crippen LogP contribution < -0.4 is 0 Å². The fourth-order valence-corrected chi connectivity index (χ4v) is 2.24. The molecule has 192 valence electrons. The van der Waals surface area contributed by atoms with E-state index in [9.17, 15) is 32.8 Å². The predicted molar refractivity (Wildman–Crippen MR) is 130 cm³/mol. The van der Waals surface area contributed by atoms with Crippen LogP contribution in [-0.2, 0) is 14.4 Å². The van der Waals surface area contributed by atoms with Gasteiger partial charge in [0.15, 0.2) is 0 Å². The Bertz CT molecular complexity index is 965. The van der Waals surface area contributed by atoms with E-state index in [1.807, 2.05) is 0 Å². The fourth-order valence-electron chi connectivity index (χ4n) is 2.13. The third kappa shape index (κ3) is 14.2. The highest BCUT2D eigenvalue weighted by Crippen LogP contribution is 2.16. The standard InChI is InChI=1S/C9H8ClFO.C9H9FO2.C3H7NO.C2Cl2O2/c1-5-3-7(9(10)12)4-6(2)8(5)11;1-5-3-7(9(11)12)4-6(2)8(5)10;1-4(2)3-5;3-1(5)2(4)6/h3-4H,1-2H3;3-4H,1-2H3,(H,11,12);3H,1-2H3;. The molecule has 0 saturated heterocycles. The summed E-state index contributed by atoms with van der Waals surface area (Å²) in [5, 5.41) is 5.76. The van der Waals surface area contributed by atoms with Gasteiger partial charge in [-0.05, 0) is 109 Å². The lowest BCUT2D eigenvalue weighted by atomic mass is 10.1. The van der Waals surface area contributed by atoms with Gasteiger partial charge in [0.2, 0.25) is 6.41 Å². The summed E-state index contributed by atoms with van der Waals surface area (Å²) in [6, 6.07) is 5.53. The van der Waals surface area contributed by atoms with Crippen LogP contribution in [0.25, 0.3) is 0 Å². The molecule has 0 aliphatic rings. The van der Waals surface area contributed by atoms with Crippen molar-refractivity contribution in [1.29, 1.82) is 0 Å². The molecule has 0 aliphatic carbocycles. The summed E-state index contributed by atoms with van der Waals surface area (Å²) in [6.45, 7) is 6.31.